The lowest BCUT2D eigenvalue weighted by Crippen LogP contribution is -2.29. The molecule has 1 aromatic heterocycles. The van der Waals surface area contributed by atoms with E-state index >= 15 is 0 Å². The van der Waals surface area contributed by atoms with Crippen molar-refractivity contribution in [2.75, 3.05) is 6.61 Å². The fraction of sp³-hybridized carbons (Fsp3) is 0.258. The predicted octanol–water partition coefficient (Wildman–Crippen LogP) is 8.27. The number of halogens is 3. The normalized spacial score (nSPS) is 12.2. The van der Waals surface area contributed by atoms with Crippen LogP contribution in [-0.2, 0) is 15.7 Å². The second-order valence-electron chi connectivity index (χ2n) is 9.62. The fourth-order valence-electron chi connectivity index (χ4n) is 4.18. The lowest BCUT2D eigenvalue weighted by Gasteiger charge is -2.19. The lowest BCUT2D eigenvalue weighted by molar-refractivity contribution is -0.154. The molecule has 0 fully saturated rings. The van der Waals surface area contributed by atoms with Gasteiger partial charge in [-0.1, -0.05) is 24.0 Å². The van der Waals surface area contributed by atoms with E-state index in [4.69, 9.17) is 9.47 Å². The molecule has 0 amide bonds. The van der Waals surface area contributed by atoms with E-state index in [1.165, 1.54) is 32.7 Å². The average molecular weight is 538 g/mol. The molecule has 4 rings (SSSR count). The number of hydrogen-bond donors (Lipinski definition) is 0. The number of carbonyl (C=O) groups excluding carboxylic acids is 1. The van der Waals surface area contributed by atoms with Crippen molar-refractivity contribution < 1.29 is 27.4 Å². The minimum absolute atomic E-state index is 0.155. The molecule has 1 heterocycles. The van der Waals surface area contributed by atoms with Crippen molar-refractivity contribution in [1.29, 1.82) is 0 Å². The molecule has 0 aliphatic carbocycles. The summed E-state index contributed by atoms with van der Waals surface area (Å²) in [4.78, 5) is 13.7. The molecule has 0 spiro atoms. The molecule has 0 aliphatic rings. The van der Waals surface area contributed by atoms with Crippen LogP contribution in [0.2, 0.25) is 0 Å². The van der Waals surface area contributed by atoms with Crippen LogP contribution in [-0.4, -0.2) is 18.2 Å². The summed E-state index contributed by atoms with van der Waals surface area (Å²) in [5, 5.41) is 3.57. The van der Waals surface area contributed by atoms with E-state index in [2.05, 4.69) is 60.5 Å². The van der Waals surface area contributed by atoms with Gasteiger partial charge in [-0.3, -0.25) is 0 Å². The Morgan fingerprint density at radius 1 is 0.921 bits per heavy atom. The van der Waals surface area contributed by atoms with Crippen molar-refractivity contribution in [3.63, 3.8) is 0 Å². The third kappa shape index (κ3) is 6.20. The van der Waals surface area contributed by atoms with Crippen LogP contribution in [0.1, 0.15) is 41.7 Å². The first-order chi connectivity index (χ1) is 17.8. The van der Waals surface area contributed by atoms with Crippen molar-refractivity contribution in [3.8, 4) is 22.5 Å². The summed E-state index contributed by atoms with van der Waals surface area (Å²) in [6.07, 6.45) is -4.41. The quantitative estimate of drug-likeness (QED) is 0.146. The molecule has 3 aromatic carbocycles. The predicted molar refractivity (Wildman–Crippen MR) is 146 cm³/mol. The number of ether oxygens (including phenoxy) is 2. The first-order valence-electron chi connectivity index (χ1n) is 12.0. The zero-order valence-corrected chi connectivity index (χ0v) is 22.6. The number of fused-ring (bicyclic) bond motifs is 1. The molecule has 196 valence electrons. The maximum absolute atomic E-state index is 12.7. The van der Waals surface area contributed by atoms with Crippen molar-refractivity contribution in [2.45, 2.75) is 46.4 Å². The highest BCUT2D eigenvalue weighted by Gasteiger charge is 2.30. The van der Waals surface area contributed by atoms with Gasteiger partial charge in [-0.2, -0.15) is 13.2 Å². The second kappa shape index (κ2) is 10.5. The molecule has 0 saturated heterocycles. The number of alkyl halides is 3. The van der Waals surface area contributed by atoms with E-state index in [1.54, 1.807) is 13.8 Å². The van der Waals surface area contributed by atoms with Crippen LogP contribution in [0.4, 0.5) is 13.2 Å². The molecule has 0 bridgehead atoms. The highest BCUT2D eigenvalue weighted by atomic mass is 32.2. The average Bonchev–Trinajstić information content (AvgIpc) is 3.18. The van der Waals surface area contributed by atoms with Crippen LogP contribution in [0.5, 0.6) is 5.75 Å². The van der Waals surface area contributed by atoms with Gasteiger partial charge in [-0.25, -0.2) is 4.79 Å². The van der Waals surface area contributed by atoms with E-state index in [0.717, 1.165) is 23.3 Å². The second-order valence-corrected chi connectivity index (χ2v) is 11.4. The zero-order valence-electron chi connectivity index (χ0n) is 21.8. The summed E-state index contributed by atoms with van der Waals surface area (Å²) < 4.78 is 50.8. The topological polar surface area (TPSA) is 35.5 Å². The van der Waals surface area contributed by atoms with E-state index < -0.39 is 23.3 Å². The molecule has 0 saturated carbocycles. The van der Waals surface area contributed by atoms with Gasteiger partial charge >= 0.3 is 12.1 Å². The van der Waals surface area contributed by atoms with Gasteiger partial charge in [0, 0.05) is 39.1 Å². The van der Waals surface area contributed by atoms with Crippen molar-refractivity contribution in [1.82, 2.24) is 0 Å². The molecule has 1 unspecified atom stereocenters. The number of carbonyl (C=O) groups is 1. The molecule has 4 aromatic rings. The highest BCUT2D eigenvalue weighted by Crippen LogP contribution is 2.44. The smallest absolute Gasteiger partial charge is 0.416 e. The van der Waals surface area contributed by atoms with Gasteiger partial charge in [-0.05, 0) is 82.1 Å². The Morgan fingerprint density at radius 3 is 2.18 bits per heavy atom. The zero-order chi connectivity index (χ0) is 27.7. The molecular weight excluding hydrogens is 509 g/mol. The van der Waals surface area contributed by atoms with Crippen LogP contribution in [0.25, 0.3) is 15.0 Å². The minimum Gasteiger partial charge on any atom is -0.481 e. The van der Waals surface area contributed by atoms with Crippen molar-refractivity contribution in [3.05, 3.63) is 93.9 Å². The van der Waals surface area contributed by atoms with Crippen LogP contribution < -0.4 is 4.74 Å². The largest absolute Gasteiger partial charge is 0.481 e. The van der Waals surface area contributed by atoms with Crippen molar-refractivity contribution in [2.24, 2.45) is 0 Å². The van der Waals surface area contributed by atoms with Crippen LogP contribution in [0.15, 0.2) is 66.0 Å². The van der Waals surface area contributed by atoms with E-state index in [-0.39, 0.29) is 17.1 Å². The number of thiophene rings is 1. The van der Waals surface area contributed by atoms with Crippen molar-refractivity contribution >= 4 is 26.5 Å². The molecule has 3 nitrogen and oxygen atoms in total. The van der Waals surface area contributed by atoms with Gasteiger partial charge in [0.25, 0.3) is 0 Å². The number of aryl methyl sites for hydroxylation is 3. The van der Waals surface area contributed by atoms with E-state index in [0.29, 0.717) is 11.3 Å². The third-order valence-corrected chi connectivity index (χ3v) is 8.12. The van der Waals surface area contributed by atoms with Gasteiger partial charge in [-0.15, -0.1) is 0 Å². The number of esters is 1. The Morgan fingerprint density at radius 2 is 1.55 bits per heavy atom. The van der Waals surface area contributed by atoms with Gasteiger partial charge in [0.2, 0.25) is 0 Å². The standard InChI is InChI=1S/C31H28F3O3S/c1-20-16-25(38-19-22(3)26-8-6-7-9-27(26)38)17-21(2)29(20)36-18-28(35)37-30(4,5)15-14-23-10-12-24(13-11-23)31(32,33)34/h6-13,16-17,19H,18H2,1-5H3/q+1. The molecule has 0 N–H and O–H groups in total. The van der Waals surface area contributed by atoms with E-state index in [1.807, 2.05) is 13.8 Å². The monoisotopic (exact) mass is 537 g/mol. The number of benzene rings is 3. The summed E-state index contributed by atoms with van der Waals surface area (Å²) in [7, 11) is -0.155. The summed E-state index contributed by atoms with van der Waals surface area (Å²) >= 11 is 0. The van der Waals surface area contributed by atoms with Crippen LogP contribution in [0, 0.1) is 32.6 Å². The van der Waals surface area contributed by atoms with Crippen LogP contribution in [0.3, 0.4) is 0 Å². The Hall–Kier alpha value is -3.76. The first-order valence-corrected chi connectivity index (χ1v) is 13.3. The summed E-state index contributed by atoms with van der Waals surface area (Å²) in [6, 6.07) is 17.1. The van der Waals surface area contributed by atoms with E-state index in [9.17, 15) is 18.0 Å². The molecular formula is C31H28F3O3S+. The Balaban J connectivity index is 1.42. The lowest BCUT2D eigenvalue weighted by atomic mass is 10.1. The number of rotatable bonds is 5. The maximum Gasteiger partial charge on any atom is 0.416 e. The van der Waals surface area contributed by atoms with Crippen LogP contribution >= 0.6 is 10.5 Å². The summed E-state index contributed by atoms with van der Waals surface area (Å²) in [6.45, 7) is 8.98. The summed E-state index contributed by atoms with van der Waals surface area (Å²) in [5.41, 5.74) is 1.61. The minimum atomic E-state index is -4.41. The highest BCUT2D eigenvalue weighted by molar-refractivity contribution is 7.43. The molecule has 7 heteroatoms. The maximum atomic E-state index is 12.7. The van der Waals surface area contributed by atoms with Gasteiger partial charge < -0.3 is 9.47 Å². The first kappa shape index (κ1) is 27.3. The Kier molecular flexibility index (Phi) is 7.57. The van der Waals surface area contributed by atoms with Gasteiger partial charge in [0.15, 0.2) is 21.8 Å². The Bertz CT molecular complexity index is 1530. The fourth-order valence-corrected chi connectivity index (χ4v) is 6.48. The molecule has 0 radical (unpaired) electrons. The number of hydrogen-bond acceptors (Lipinski definition) is 3. The van der Waals surface area contributed by atoms with Gasteiger partial charge in [0.1, 0.15) is 11.1 Å². The molecule has 0 aliphatic heterocycles. The van der Waals surface area contributed by atoms with Gasteiger partial charge in [0.05, 0.1) is 5.56 Å². The SMILES string of the molecule is Cc1cc(-[s+]2cc(C)c3ccccc32)cc(C)c1OCC(=O)OC(C)(C)C#Cc1ccc(C(F)(F)F)cc1. The summed E-state index contributed by atoms with van der Waals surface area (Å²) in [5.74, 6) is 5.61. The third-order valence-electron chi connectivity index (χ3n) is 5.95. The molecule has 38 heavy (non-hydrogen) atoms. The Labute approximate surface area is 223 Å². The molecule has 1 atom stereocenters.